The summed E-state index contributed by atoms with van der Waals surface area (Å²) in [6.45, 7) is 4.63. The smallest absolute Gasteiger partial charge is 0.0765 e. The Balaban J connectivity index is 1.93. The van der Waals surface area contributed by atoms with E-state index in [2.05, 4.69) is 28.2 Å². The van der Waals surface area contributed by atoms with E-state index in [1.54, 1.807) is 0 Å². The van der Waals surface area contributed by atoms with Gasteiger partial charge in [0.2, 0.25) is 0 Å². The summed E-state index contributed by atoms with van der Waals surface area (Å²) in [5.41, 5.74) is 2.54. The molecule has 0 bridgehead atoms. The number of piperidine rings is 1. The monoisotopic (exact) mass is 203 g/mol. The van der Waals surface area contributed by atoms with Crippen LogP contribution in [0.1, 0.15) is 19.8 Å². The third-order valence-corrected chi connectivity index (χ3v) is 3.61. The van der Waals surface area contributed by atoms with Crippen molar-refractivity contribution in [1.29, 1.82) is 0 Å². The van der Waals surface area contributed by atoms with E-state index < -0.39 is 0 Å². The molecule has 0 aliphatic carbocycles. The molecule has 0 amide bonds. The molecular weight excluding hydrogens is 186 g/mol. The second-order valence-corrected chi connectivity index (χ2v) is 4.75. The molecule has 1 fully saturated rings. The lowest BCUT2D eigenvalue weighted by Crippen LogP contribution is -2.48. The summed E-state index contributed by atoms with van der Waals surface area (Å²) in [5.74, 6) is 0.872. The summed E-state index contributed by atoms with van der Waals surface area (Å²) in [7, 11) is 0. The van der Waals surface area contributed by atoms with Gasteiger partial charge in [-0.1, -0.05) is 6.92 Å². The molecule has 0 radical (unpaired) electrons. The molecule has 80 valence electrons. The molecule has 2 unspecified atom stereocenters. The van der Waals surface area contributed by atoms with Crippen LogP contribution in [0.4, 0.5) is 11.4 Å². The van der Waals surface area contributed by atoms with Gasteiger partial charge in [0.25, 0.3) is 0 Å². The second kappa shape index (κ2) is 3.40. The Bertz CT molecular complexity index is 364. The lowest BCUT2D eigenvalue weighted by Gasteiger charge is -2.44. The summed E-state index contributed by atoms with van der Waals surface area (Å²) >= 11 is 0. The van der Waals surface area contributed by atoms with Crippen LogP contribution in [-0.2, 0) is 0 Å². The predicted molar refractivity (Wildman–Crippen MR) is 62.3 cm³/mol. The number of aromatic nitrogens is 1. The largest absolute Gasteiger partial charge is 0.380 e. The third-order valence-electron chi connectivity index (χ3n) is 3.61. The number of nitrogens with zero attached hydrogens (tertiary/aromatic N) is 2. The maximum atomic E-state index is 4.16. The van der Waals surface area contributed by atoms with Gasteiger partial charge in [0.1, 0.15) is 0 Å². The fourth-order valence-corrected chi connectivity index (χ4v) is 2.76. The van der Waals surface area contributed by atoms with E-state index >= 15 is 0 Å². The first-order valence-electron chi connectivity index (χ1n) is 5.79. The summed E-state index contributed by atoms with van der Waals surface area (Å²) in [4.78, 5) is 6.71. The highest BCUT2D eigenvalue weighted by Gasteiger charge is 2.30. The zero-order valence-corrected chi connectivity index (χ0v) is 9.11. The standard InChI is InChI=1S/C12H17N3/c1-9-3-5-15-10(6-9)7-14-11-8-13-4-2-12(11)15/h2,4,8-10,14H,3,5-7H2,1H3. The van der Waals surface area contributed by atoms with Crippen LogP contribution in [0.3, 0.4) is 0 Å². The molecule has 2 aliphatic heterocycles. The molecule has 1 N–H and O–H groups in total. The van der Waals surface area contributed by atoms with Crippen LogP contribution in [0.25, 0.3) is 0 Å². The van der Waals surface area contributed by atoms with Crippen molar-refractivity contribution in [2.45, 2.75) is 25.8 Å². The van der Waals surface area contributed by atoms with Crippen LogP contribution in [0.5, 0.6) is 0 Å². The highest BCUT2D eigenvalue weighted by Crippen LogP contribution is 2.35. The summed E-state index contributed by atoms with van der Waals surface area (Å²) < 4.78 is 0. The second-order valence-electron chi connectivity index (χ2n) is 4.75. The average Bonchev–Trinajstić information content (AvgIpc) is 2.28. The highest BCUT2D eigenvalue weighted by molar-refractivity contribution is 5.71. The van der Waals surface area contributed by atoms with Gasteiger partial charge in [-0.05, 0) is 24.8 Å². The lowest BCUT2D eigenvalue weighted by molar-refractivity contribution is 0.367. The molecule has 0 saturated carbocycles. The molecule has 0 aromatic carbocycles. The van der Waals surface area contributed by atoms with Crippen molar-refractivity contribution in [3.05, 3.63) is 18.5 Å². The normalized spacial score (nSPS) is 29.0. The van der Waals surface area contributed by atoms with E-state index in [-0.39, 0.29) is 0 Å². The Morgan fingerprint density at radius 1 is 1.53 bits per heavy atom. The van der Waals surface area contributed by atoms with Crippen LogP contribution >= 0.6 is 0 Å². The molecule has 2 atom stereocenters. The minimum Gasteiger partial charge on any atom is -0.380 e. The van der Waals surface area contributed by atoms with Crippen LogP contribution in [-0.4, -0.2) is 24.1 Å². The van der Waals surface area contributed by atoms with Gasteiger partial charge in [-0.15, -0.1) is 0 Å². The van der Waals surface area contributed by atoms with E-state index in [0.717, 1.165) is 12.5 Å². The van der Waals surface area contributed by atoms with Crippen molar-refractivity contribution in [2.24, 2.45) is 5.92 Å². The van der Waals surface area contributed by atoms with Gasteiger partial charge in [-0.3, -0.25) is 4.98 Å². The molecule has 0 spiro atoms. The van der Waals surface area contributed by atoms with Gasteiger partial charge in [-0.25, -0.2) is 0 Å². The molecule has 1 saturated heterocycles. The van der Waals surface area contributed by atoms with Crippen molar-refractivity contribution in [3.8, 4) is 0 Å². The quantitative estimate of drug-likeness (QED) is 0.700. The third kappa shape index (κ3) is 1.46. The summed E-state index contributed by atoms with van der Waals surface area (Å²) in [6.07, 6.45) is 6.46. The van der Waals surface area contributed by atoms with E-state index in [4.69, 9.17) is 0 Å². The van der Waals surface area contributed by atoms with E-state index in [1.807, 2.05) is 12.4 Å². The molecular formula is C12H17N3. The maximum absolute atomic E-state index is 4.16. The molecule has 15 heavy (non-hydrogen) atoms. The minimum atomic E-state index is 0.684. The Morgan fingerprint density at radius 3 is 3.40 bits per heavy atom. The van der Waals surface area contributed by atoms with Gasteiger partial charge >= 0.3 is 0 Å². The number of anilines is 2. The van der Waals surface area contributed by atoms with Gasteiger partial charge < -0.3 is 10.2 Å². The molecule has 3 nitrogen and oxygen atoms in total. The summed E-state index contributed by atoms with van der Waals surface area (Å²) in [6, 6.07) is 2.81. The van der Waals surface area contributed by atoms with Gasteiger partial charge in [0, 0.05) is 25.3 Å². The van der Waals surface area contributed by atoms with Crippen molar-refractivity contribution in [1.82, 2.24) is 4.98 Å². The van der Waals surface area contributed by atoms with Crippen LogP contribution in [0, 0.1) is 5.92 Å². The number of hydrogen-bond acceptors (Lipinski definition) is 3. The van der Waals surface area contributed by atoms with Gasteiger partial charge in [-0.2, -0.15) is 0 Å². The van der Waals surface area contributed by atoms with Crippen molar-refractivity contribution < 1.29 is 0 Å². The number of hydrogen-bond donors (Lipinski definition) is 1. The maximum Gasteiger partial charge on any atom is 0.0765 e. The first kappa shape index (κ1) is 9.01. The first-order chi connectivity index (χ1) is 7.34. The minimum absolute atomic E-state index is 0.684. The average molecular weight is 203 g/mol. The molecule has 1 aromatic heterocycles. The molecule has 2 aliphatic rings. The topological polar surface area (TPSA) is 28.2 Å². The Hall–Kier alpha value is -1.25. The highest BCUT2D eigenvalue weighted by atomic mass is 15.2. The number of rotatable bonds is 0. The summed E-state index contributed by atoms with van der Waals surface area (Å²) in [5, 5.41) is 3.48. The van der Waals surface area contributed by atoms with Crippen molar-refractivity contribution >= 4 is 11.4 Å². The zero-order chi connectivity index (χ0) is 10.3. The SMILES string of the molecule is CC1CCN2c3ccncc3NCC2C1. The molecule has 1 aromatic rings. The van der Waals surface area contributed by atoms with E-state index in [9.17, 15) is 0 Å². The predicted octanol–water partition coefficient (Wildman–Crippen LogP) is 2.11. The van der Waals surface area contributed by atoms with Crippen LogP contribution in [0.2, 0.25) is 0 Å². The first-order valence-corrected chi connectivity index (χ1v) is 5.79. The van der Waals surface area contributed by atoms with Crippen LogP contribution in [0.15, 0.2) is 18.5 Å². The molecule has 3 heterocycles. The lowest BCUT2D eigenvalue weighted by atomic mass is 9.90. The van der Waals surface area contributed by atoms with Crippen molar-refractivity contribution in [2.75, 3.05) is 23.3 Å². The number of fused-ring (bicyclic) bond motifs is 3. The number of nitrogens with one attached hydrogen (secondary N) is 1. The van der Waals surface area contributed by atoms with Crippen molar-refractivity contribution in [3.63, 3.8) is 0 Å². The van der Waals surface area contributed by atoms with Crippen LogP contribution < -0.4 is 10.2 Å². The van der Waals surface area contributed by atoms with E-state index in [0.29, 0.717) is 6.04 Å². The fraction of sp³-hybridized carbons (Fsp3) is 0.583. The Labute approximate surface area is 90.5 Å². The molecule has 3 rings (SSSR count). The Kier molecular flexibility index (Phi) is 2.04. The fourth-order valence-electron chi connectivity index (χ4n) is 2.76. The van der Waals surface area contributed by atoms with Gasteiger partial charge in [0.05, 0.1) is 17.6 Å². The van der Waals surface area contributed by atoms with E-state index in [1.165, 1.54) is 30.8 Å². The van der Waals surface area contributed by atoms with Gasteiger partial charge in [0.15, 0.2) is 0 Å². The molecule has 3 heteroatoms. The zero-order valence-electron chi connectivity index (χ0n) is 9.11. The Morgan fingerprint density at radius 2 is 2.47 bits per heavy atom. The number of pyridine rings is 1.